The van der Waals surface area contributed by atoms with Gasteiger partial charge < -0.3 is 14.6 Å². The molecule has 0 unspecified atom stereocenters. The third-order valence-corrected chi connectivity index (χ3v) is 6.96. The number of hydrogen-bond donors (Lipinski definition) is 2. The van der Waals surface area contributed by atoms with Gasteiger partial charge in [0.2, 0.25) is 10.0 Å². The lowest BCUT2D eigenvalue weighted by molar-refractivity contribution is 0.102. The summed E-state index contributed by atoms with van der Waals surface area (Å²) >= 11 is 0. The number of sulfonamides is 1. The number of rotatable bonds is 7. The Morgan fingerprint density at radius 1 is 0.969 bits per heavy atom. The molecule has 8 heteroatoms. The third kappa shape index (κ3) is 3.83. The highest BCUT2D eigenvalue weighted by Gasteiger charge is 2.21. The van der Waals surface area contributed by atoms with Crippen LogP contribution in [-0.4, -0.2) is 32.5 Å². The van der Waals surface area contributed by atoms with Gasteiger partial charge in [-0.25, -0.2) is 13.1 Å². The van der Waals surface area contributed by atoms with E-state index in [1.165, 1.54) is 19.2 Å². The molecule has 4 aromatic rings. The molecule has 7 nitrogen and oxygen atoms in total. The monoisotopic (exact) mass is 451 g/mol. The van der Waals surface area contributed by atoms with Crippen LogP contribution in [0.15, 0.2) is 65.6 Å². The molecule has 0 spiro atoms. The molecule has 1 aromatic heterocycles. The predicted octanol–water partition coefficient (Wildman–Crippen LogP) is 4.37. The average molecular weight is 452 g/mol. The van der Waals surface area contributed by atoms with Crippen molar-refractivity contribution in [2.45, 2.75) is 25.3 Å². The van der Waals surface area contributed by atoms with Crippen LogP contribution in [0.2, 0.25) is 0 Å². The van der Waals surface area contributed by atoms with E-state index in [9.17, 15) is 13.2 Å². The summed E-state index contributed by atoms with van der Waals surface area (Å²) in [5, 5.41) is 5.05. The molecule has 0 saturated carbocycles. The number of amides is 1. The highest BCUT2D eigenvalue weighted by molar-refractivity contribution is 7.89. The molecule has 0 fully saturated rings. The normalized spacial score (nSPS) is 11.7. The molecule has 4 rings (SSSR count). The van der Waals surface area contributed by atoms with Gasteiger partial charge in [-0.05, 0) is 49.4 Å². The maximum atomic E-state index is 12.9. The van der Waals surface area contributed by atoms with Crippen LogP contribution in [0.1, 0.15) is 24.2 Å². The standard InChI is InChI=1S/C24H25N3O4S/c1-4-25-32(29,30)23-14-16(10-13-22(23)31-3)24(28)26-17-11-12-21-19(15-17)18-8-6-7-9-20(18)27(21)5-2/h6-15,25H,4-5H2,1-3H3,(H,26,28). The summed E-state index contributed by atoms with van der Waals surface area (Å²) in [4.78, 5) is 12.9. The summed E-state index contributed by atoms with van der Waals surface area (Å²) in [6, 6.07) is 18.3. The topological polar surface area (TPSA) is 89.4 Å². The van der Waals surface area contributed by atoms with E-state index in [0.717, 1.165) is 28.4 Å². The molecule has 2 N–H and O–H groups in total. The Morgan fingerprint density at radius 2 is 1.72 bits per heavy atom. The fourth-order valence-corrected chi connectivity index (χ4v) is 5.20. The number of nitrogens with zero attached hydrogens (tertiary/aromatic N) is 1. The average Bonchev–Trinajstić information content (AvgIpc) is 3.11. The number of carbonyl (C=O) groups is 1. The maximum Gasteiger partial charge on any atom is 0.255 e. The Bertz CT molecular complexity index is 1420. The van der Waals surface area contributed by atoms with Crippen molar-refractivity contribution >= 4 is 43.4 Å². The van der Waals surface area contributed by atoms with E-state index >= 15 is 0 Å². The molecule has 0 atom stereocenters. The molecular formula is C24H25N3O4S. The Labute approximate surface area is 187 Å². The van der Waals surface area contributed by atoms with Gasteiger partial charge in [0.25, 0.3) is 5.91 Å². The van der Waals surface area contributed by atoms with Gasteiger partial charge in [0.15, 0.2) is 0 Å². The van der Waals surface area contributed by atoms with E-state index in [-0.39, 0.29) is 22.8 Å². The lowest BCUT2D eigenvalue weighted by Crippen LogP contribution is -2.24. The lowest BCUT2D eigenvalue weighted by atomic mass is 10.1. The van der Waals surface area contributed by atoms with Gasteiger partial charge in [-0.3, -0.25) is 4.79 Å². The minimum atomic E-state index is -3.79. The largest absolute Gasteiger partial charge is 0.495 e. The number of aryl methyl sites for hydroxylation is 1. The van der Waals surface area contributed by atoms with Crippen LogP contribution in [0.25, 0.3) is 21.8 Å². The molecule has 3 aromatic carbocycles. The first-order valence-electron chi connectivity index (χ1n) is 10.4. The van der Waals surface area contributed by atoms with Crippen LogP contribution in [-0.2, 0) is 16.6 Å². The summed E-state index contributed by atoms with van der Waals surface area (Å²) in [5.41, 5.74) is 3.09. The molecule has 32 heavy (non-hydrogen) atoms. The number of nitrogens with one attached hydrogen (secondary N) is 2. The van der Waals surface area contributed by atoms with Crippen molar-refractivity contribution in [2.75, 3.05) is 19.0 Å². The lowest BCUT2D eigenvalue weighted by Gasteiger charge is -2.12. The Morgan fingerprint density at radius 3 is 2.44 bits per heavy atom. The number of para-hydroxylation sites is 1. The quantitative estimate of drug-likeness (QED) is 0.437. The van der Waals surface area contributed by atoms with Gasteiger partial charge >= 0.3 is 0 Å². The van der Waals surface area contributed by atoms with Gasteiger partial charge in [0, 0.05) is 46.1 Å². The predicted molar refractivity (Wildman–Crippen MR) is 127 cm³/mol. The van der Waals surface area contributed by atoms with Crippen molar-refractivity contribution in [3.63, 3.8) is 0 Å². The van der Waals surface area contributed by atoms with Crippen molar-refractivity contribution in [2.24, 2.45) is 0 Å². The number of carbonyl (C=O) groups excluding carboxylic acids is 1. The molecule has 0 radical (unpaired) electrons. The first-order valence-corrected chi connectivity index (χ1v) is 11.9. The van der Waals surface area contributed by atoms with E-state index in [1.54, 1.807) is 13.0 Å². The van der Waals surface area contributed by atoms with Crippen LogP contribution < -0.4 is 14.8 Å². The molecule has 1 heterocycles. The Hall–Kier alpha value is -3.36. The SMILES string of the molecule is CCNS(=O)(=O)c1cc(C(=O)Nc2ccc3c(c2)c2ccccc2n3CC)ccc1OC. The zero-order valence-electron chi connectivity index (χ0n) is 18.2. The number of anilines is 1. The zero-order valence-corrected chi connectivity index (χ0v) is 19.0. The smallest absolute Gasteiger partial charge is 0.255 e. The maximum absolute atomic E-state index is 12.9. The minimum absolute atomic E-state index is 0.0732. The van der Waals surface area contributed by atoms with E-state index in [2.05, 4.69) is 33.7 Å². The van der Waals surface area contributed by atoms with Gasteiger partial charge in [-0.15, -0.1) is 0 Å². The zero-order chi connectivity index (χ0) is 22.9. The fraction of sp³-hybridized carbons (Fsp3) is 0.208. The van der Waals surface area contributed by atoms with E-state index in [0.29, 0.717) is 5.69 Å². The van der Waals surface area contributed by atoms with Crippen LogP contribution in [0.5, 0.6) is 5.75 Å². The summed E-state index contributed by atoms with van der Waals surface area (Å²) in [6.45, 7) is 4.86. The van der Waals surface area contributed by atoms with Gasteiger partial charge in [0.05, 0.1) is 7.11 Å². The molecule has 0 bridgehead atoms. The number of hydrogen-bond acceptors (Lipinski definition) is 4. The van der Waals surface area contributed by atoms with Crippen molar-refractivity contribution in [1.29, 1.82) is 0 Å². The van der Waals surface area contributed by atoms with Crippen molar-refractivity contribution < 1.29 is 17.9 Å². The number of methoxy groups -OCH3 is 1. The number of fused-ring (bicyclic) bond motifs is 3. The summed E-state index contributed by atoms with van der Waals surface area (Å²) in [6.07, 6.45) is 0. The minimum Gasteiger partial charge on any atom is -0.495 e. The van der Waals surface area contributed by atoms with Crippen LogP contribution in [0.3, 0.4) is 0 Å². The second kappa shape index (κ2) is 8.64. The third-order valence-electron chi connectivity index (χ3n) is 5.40. The molecule has 166 valence electrons. The first-order chi connectivity index (χ1) is 15.4. The molecule has 0 aliphatic rings. The highest BCUT2D eigenvalue weighted by Crippen LogP contribution is 2.31. The Kier molecular flexibility index (Phi) is 5.90. The van der Waals surface area contributed by atoms with Crippen molar-refractivity contribution in [3.8, 4) is 5.75 Å². The van der Waals surface area contributed by atoms with E-state index in [4.69, 9.17) is 4.74 Å². The second-order valence-electron chi connectivity index (χ2n) is 7.31. The second-order valence-corrected chi connectivity index (χ2v) is 9.05. The number of benzene rings is 3. The van der Waals surface area contributed by atoms with Gasteiger partial charge in [-0.1, -0.05) is 25.1 Å². The first kappa shape index (κ1) is 21.9. The van der Waals surface area contributed by atoms with Crippen LogP contribution in [0, 0.1) is 0 Å². The van der Waals surface area contributed by atoms with Crippen LogP contribution in [0.4, 0.5) is 5.69 Å². The number of aromatic nitrogens is 1. The van der Waals surface area contributed by atoms with E-state index < -0.39 is 15.9 Å². The fourth-order valence-electron chi connectivity index (χ4n) is 3.97. The summed E-state index contributed by atoms with van der Waals surface area (Å²) in [5.74, 6) is -0.226. The van der Waals surface area contributed by atoms with E-state index in [1.807, 2.05) is 30.3 Å². The molecule has 0 saturated heterocycles. The molecule has 0 aliphatic carbocycles. The van der Waals surface area contributed by atoms with Crippen molar-refractivity contribution in [3.05, 3.63) is 66.2 Å². The summed E-state index contributed by atoms with van der Waals surface area (Å²) < 4.78 is 34.9. The van der Waals surface area contributed by atoms with Crippen LogP contribution >= 0.6 is 0 Å². The number of ether oxygens (including phenoxy) is 1. The van der Waals surface area contributed by atoms with Gasteiger partial charge in [-0.2, -0.15) is 0 Å². The molecule has 1 amide bonds. The Balaban J connectivity index is 1.71. The molecule has 0 aliphatic heterocycles. The highest BCUT2D eigenvalue weighted by atomic mass is 32.2. The summed E-state index contributed by atoms with van der Waals surface area (Å²) in [7, 11) is -2.40. The molecular weight excluding hydrogens is 426 g/mol. The van der Waals surface area contributed by atoms with Gasteiger partial charge in [0.1, 0.15) is 10.6 Å². The van der Waals surface area contributed by atoms with Crippen molar-refractivity contribution in [1.82, 2.24) is 9.29 Å².